The molecule has 0 bridgehead atoms. The first-order valence-electron chi connectivity index (χ1n) is 8.35. The molecule has 0 saturated heterocycles. The number of rotatable bonds is 4. The number of benzene rings is 2. The van der Waals surface area contributed by atoms with E-state index in [1.54, 1.807) is 0 Å². The summed E-state index contributed by atoms with van der Waals surface area (Å²) in [5.41, 5.74) is 1.38. The second-order valence-electron chi connectivity index (χ2n) is 5.54. The summed E-state index contributed by atoms with van der Waals surface area (Å²) in [5, 5.41) is 2.76. The van der Waals surface area contributed by atoms with Crippen molar-refractivity contribution in [3.8, 4) is 0 Å². The standard InChI is InChI=1S/C19H16P.C5H5.Fe/c1-2-16-10-9-15-19(16)20(17-11-5-3-6-12-17)18-13-7-4-8-14-18;1-2-4-5-3-1;/h2-15H,1H2;1-5H;/q;;+2. The van der Waals surface area contributed by atoms with Gasteiger partial charge in [-0.3, -0.25) is 0 Å². The Morgan fingerprint density at radius 2 is 1.08 bits per heavy atom. The summed E-state index contributed by atoms with van der Waals surface area (Å²) >= 11 is 0. The van der Waals surface area contributed by atoms with Crippen molar-refractivity contribution in [2.45, 2.75) is 0 Å². The number of hydrogen-bond acceptors (Lipinski definition) is 0. The first kappa shape index (κ1) is 21.4. The van der Waals surface area contributed by atoms with Gasteiger partial charge in [0.1, 0.15) is 0 Å². The Balaban J connectivity index is 0.000000351. The van der Waals surface area contributed by atoms with Crippen molar-refractivity contribution in [2.75, 3.05) is 0 Å². The molecular weight excluding hydrogens is 375 g/mol. The van der Waals surface area contributed by atoms with Gasteiger partial charge in [0.05, 0.1) is 0 Å². The zero-order chi connectivity index (χ0) is 17.3. The van der Waals surface area contributed by atoms with Crippen molar-refractivity contribution in [1.82, 2.24) is 0 Å². The molecule has 2 saturated carbocycles. The Labute approximate surface area is 171 Å². The molecule has 0 N–H and O–H groups in total. The molecule has 2 heteroatoms. The molecule has 0 nitrogen and oxygen atoms in total. The van der Waals surface area contributed by atoms with Crippen LogP contribution >= 0.6 is 7.92 Å². The van der Waals surface area contributed by atoms with E-state index in [0.717, 1.165) is 0 Å². The van der Waals surface area contributed by atoms with E-state index in [9.17, 15) is 0 Å². The summed E-state index contributed by atoms with van der Waals surface area (Å²) in [5.74, 6) is 1.24. The van der Waals surface area contributed by atoms with E-state index in [4.69, 9.17) is 0 Å². The van der Waals surface area contributed by atoms with Crippen molar-refractivity contribution >= 4 is 18.5 Å². The topological polar surface area (TPSA) is 0 Å². The predicted octanol–water partition coefficient (Wildman–Crippen LogP) is 5.06. The van der Waals surface area contributed by atoms with Crippen LogP contribution in [0.5, 0.6) is 0 Å². The fraction of sp³-hybridized carbons (Fsp3) is 0. The molecule has 0 spiro atoms. The van der Waals surface area contributed by atoms with Gasteiger partial charge in [-0.05, 0) is 69.9 Å². The van der Waals surface area contributed by atoms with Crippen LogP contribution in [0, 0.1) is 62.9 Å². The Bertz CT molecular complexity index is 574. The molecule has 0 heterocycles. The molecule has 2 aromatic carbocycles. The summed E-state index contributed by atoms with van der Waals surface area (Å²) in [6.07, 6.45) is 18.4. The van der Waals surface area contributed by atoms with Crippen molar-refractivity contribution < 1.29 is 17.1 Å². The Morgan fingerprint density at radius 3 is 1.50 bits per heavy atom. The van der Waals surface area contributed by atoms with Crippen LogP contribution in [0.15, 0.2) is 73.3 Å². The molecule has 128 valence electrons. The van der Waals surface area contributed by atoms with Crippen molar-refractivity contribution in [1.29, 1.82) is 0 Å². The molecular formula is C24H21FeP+2. The smallest absolute Gasteiger partial charge is 0.102 e. The van der Waals surface area contributed by atoms with Crippen molar-refractivity contribution in [2.24, 2.45) is 0 Å². The maximum atomic E-state index is 3.94. The maximum absolute atomic E-state index is 3.94. The minimum atomic E-state index is -0.507. The molecule has 10 radical (unpaired) electrons. The Hall–Kier alpha value is -0.871. The van der Waals surface area contributed by atoms with E-state index in [-0.39, 0.29) is 17.1 Å². The quantitative estimate of drug-likeness (QED) is 0.501. The first-order chi connectivity index (χ1) is 12.4. The summed E-state index contributed by atoms with van der Waals surface area (Å²) in [6.45, 7) is 3.94. The van der Waals surface area contributed by atoms with Crippen molar-refractivity contribution in [3.63, 3.8) is 0 Å². The zero-order valence-corrected chi connectivity index (χ0v) is 16.5. The van der Waals surface area contributed by atoms with Crippen LogP contribution in [0.25, 0.3) is 0 Å². The largest absolute Gasteiger partial charge is 2.00 e. The summed E-state index contributed by atoms with van der Waals surface area (Å²) in [4.78, 5) is 0. The summed E-state index contributed by atoms with van der Waals surface area (Å²) in [6, 6.07) is 21.5. The normalized spacial score (nSPS) is 17.4. The fourth-order valence-electron chi connectivity index (χ4n) is 2.70. The van der Waals surface area contributed by atoms with Gasteiger partial charge in [-0.2, -0.15) is 0 Å². The van der Waals surface area contributed by atoms with Gasteiger partial charge in [-0.1, -0.05) is 66.7 Å². The van der Waals surface area contributed by atoms with Crippen molar-refractivity contribution in [3.05, 3.63) is 136 Å². The molecule has 4 rings (SSSR count). The second-order valence-corrected chi connectivity index (χ2v) is 7.72. The molecule has 0 aromatic heterocycles. The van der Waals surface area contributed by atoms with Gasteiger partial charge in [0.15, 0.2) is 0 Å². The van der Waals surface area contributed by atoms with E-state index < -0.39 is 7.92 Å². The molecule has 2 aliphatic carbocycles. The molecule has 2 aliphatic rings. The fourth-order valence-corrected chi connectivity index (χ4v) is 5.16. The molecule has 0 unspecified atom stereocenters. The summed E-state index contributed by atoms with van der Waals surface area (Å²) < 4.78 is 0. The third-order valence-electron chi connectivity index (χ3n) is 3.87. The van der Waals surface area contributed by atoms with Gasteiger partial charge in [0.2, 0.25) is 0 Å². The van der Waals surface area contributed by atoms with E-state index in [2.05, 4.69) is 86.5 Å². The van der Waals surface area contributed by atoms with E-state index in [1.165, 1.54) is 22.2 Å². The minimum absolute atomic E-state index is 0. The number of allylic oxidation sites excluding steroid dienone is 1. The van der Waals surface area contributed by atoms with Crippen LogP contribution in [0.3, 0.4) is 0 Å². The minimum Gasteiger partial charge on any atom is -0.102 e. The molecule has 0 aliphatic heterocycles. The van der Waals surface area contributed by atoms with Crippen LogP contribution < -0.4 is 10.6 Å². The first-order valence-corrected chi connectivity index (χ1v) is 9.69. The monoisotopic (exact) mass is 396 g/mol. The second kappa shape index (κ2) is 11.8. The van der Waals surface area contributed by atoms with Crippen LogP contribution in [-0.4, -0.2) is 0 Å². The summed E-state index contributed by atoms with van der Waals surface area (Å²) in [7, 11) is -0.507. The van der Waals surface area contributed by atoms with Gasteiger partial charge in [0, 0.05) is 11.6 Å². The van der Waals surface area contributed by atoms with Gasteiger partial charge in [0.25, 0.3) is 0 Å². The molecule has 0 amide bonds. The maximum Gasteiger partial charge on any atom is 2.00 e. The molecule has 2 fully saturated rings. The van der Waals surface area contributed by atoms with Crippen LogP contribution in [0.1, 0.15) is 0 Å². The number of hydrogen-bond donors (Lipinski definition) is 0. The average molecular weight is 396 g/mol. The molecule has 2 aromatic rings. The van der Waals surface area contributed by atoms with E-state index in [1.807, 2.05) is 38.2 Å². The van der Waals surface area contributed by atoms with Gasteiger partial charge >= 0.3 is 17.1 Å². The SMILES string of the molecule is C=C[C]1[CH][CH][CH][C]1P(c1ccccc1)c1ccccc1.[CH]1[CH][CH][CH][CH]1.[Fe+2]. The Kier molecular flexibility index (Phi) is 9.69. The van der Waals surface area contributed by atoms with Gasteiger partial charge in [-0.15, -0.1) is 6.58 Å². The third kappa shape index (κ3) is 5.82. The van der Waals surface area contributed by atoms with E-state index >= 15 is 0 Å². The van der Waals surface area contributed by atoms with Crippen LogP contribution in [-0.2, 0) is 17.1 Å². The predicted molar refractivity (Wildman–Crippen MR) is 110 cm³/mol. The van der Waals surface area contributed by atoms with E-state index in [0.29, 0.717) is 0 Å². The molecule has 0 atom stereocenters. The van der Waals surface area contributed by atoms with Gasteiger partial charge < -0.3 is 0 Å². The van der Waals surface area contributed by atoms with Gasteiger partial charge in [-0.25, -0.2) is 0 Å². The molecule has 26 heavy (non-hydrogen) atoms. The zero-order valence-electron chi connectivity index (χ0n) is 14.5. The van der Waals surface area contributed by atoms with Crippen LogP contribution in [0.4, 0.5) is 0 Å². The average Bonchev–Trinajstić information content (AvgIpc) is 3.39. The third-order valence-corrected chi connectivity index (χ3v) is 6.39. The Morgan fingerprint density at radius 1 is 0.615 bits per heavy atom. The van der Waals surface area contributed by atoms with Crippen LogP contribution in [0.2, 0.25) is 0 Å².